The van der Waals surface area contributed by atoms with Gasteiger partial charge >= 0.3 is 0 Å². The first kappa shape index (κ1) is 35.0. The molecule has 0 spiro atoms. The number of amides is 3. The van der Waals surface area contributed by atoms with E-state index in [4.69, 9.17) is 20.8 Å². The van der Waals surface area contributed by atoms with Crippen LogP contribution in [0.5, 0.6) is 5.75 Å². The molecule has 10 heteroatoms. The monoisotopic (exact) mass is 651 g/mol. The molecule has 0 unspecified atom stereocenters. The number of piperidine rings is 1. The highest BCUT2D eigenvalue weighted by molar-refractivity contribution is 6.30. The first-order valence-electron chi connectivity index (χ1n) is 16.0. The van der Waals surface area contributed by atoms with Crippen molar-refractivity contribution in [3.8, 4) is 5.75 Å². The van der Waals surface area contributed by atoms with Crippen molar-refractivity contribution in [2.75, 3.05) is 26.7 Å². The minimum Gasteiger partial charge on any atom is -0.493 e. The van der Waals surface area contributed by atoms with Crippen LogP contribution in [-0.2, 0) is 9.59 Å². The quantitative estimate of drug-likeness (QED) is 0.324. The standard InChI is InChI=1S/C29H39N3O6.C7H7Cl/c1-28(2,3)31-27(36)29(19-9-6-5-7-10-19)13-15-32(16-14-29)24(34)18-30-26(35)23-17-21(33)20-11-8-12-22(37-4)25(20)38-23;1-6-2-4-7(8)5-3-6/h8,11-12,17,19H,5-7,9-10,13-16,18H2,1-4H3,(H,30,35)(H,31,36);2-5H,1H3. The van der Waals surface area contributed by atoms with Gasteiger partial charge < -0.3 is 24.7 Å². The topological polar surface area (TPSA) is 118 Å². The van der Waals surface area contributed by atoms with Crippen LogP contribution in [0.15, 0.2) is 57.7 Å². The molecule has 2 aliphatic rings. The summed E-state index contributed by atoms with van der Waals surface area (Å²) in [6.07, 6.45) is 6.80. The number of para-hydroxylation sites is 1. The fourth-order valence-corrected chi connectivity index (χ4v) is 6.53. The van der Waals surface area contributed by atoms with Gasteiger partial charge in [-0.25, -0.2) is 0 Å². The number of hydrogen-bond acceptors (Lipinski definition) is 6. The lowest BCUT2D eigenvalue weighted by atomic mass is 9.63. The molecule has 1 saturated heterocycles. The summed E-state index contributed by atoms with van der Waals surface area (Å²) in [4.78, 5) is 53.5. The van der Waals surface area contributed by atoms with Crippen LogP contribution >= 0.6 is 11.6 Å². The van der Waals surface area contributed by atoms with Gasteiger partial charge in [0.15, 0.2) is 22.5 Å². The van der Waals surface area contributed by atoms with Gasteiger partial charge in [-0.05, 0) is 83.6 Å². The molecule has 3 amide bonds. The smallest absolute Gasteiger partial charge is 0.287 e. The molecule has 0 bridgehead atoms. The molecule has 1 aromatic heterocycles. The summed E-state index contributed by atoms with van der Waals surface area (Å²) in [6, 6.07) is 13.8. The van der Waals surface area contributed by atoms with Gasteiger partial charge in [0.05, 0.1) is 24.5 Å². The molecule has 2 fully saturated rings. The molecule has 1 saturated carbocycles. The van der Waals surface area contributed by atoms with Crippen molar-refractivity contribution in [2.45, 2.75) is 78.2 Å². The summed E-state index contributed by atoms with van der Waals surface area (Å²) in [5.41, 5.74) is 0.265. The third-order valence-electron chi connectivity index (χ3n) is 8.91. The minimum atomic E-state index is -0.652. The van der Waals surface area contributed by atoms with Crippen molar-refractivity contribution >= 4 is 40.3 Å². The van der Waals surface area contributed by atoms with E-state index in [0.29, 0.717) is 43.0 Å². The number of methoxy groups -OCH3 is 1. The second-order valence-electron chi connectivity index (χ2n) is 13.4. The zero-order valence-electron chi connectivity index (χ0n) is 27.5. The lowest BCUT2D eigenvalue weighted by Gasteiger charge is -2.47. The van der Waals surface area contributed by atoms with Crippen LogP contribution in [0.2, 0.25) is 5.02 Å². The predicted octanol–water partition coefficient (Wildman–Crippen LogP) is 6.28. The van der Waals surface area contributed by atoms with E-state index >= 15 is 0 Å². The number of rotatable bonds is 6. The normalized spacial score (nSPS) is 16.6. The van der Waals surface area contributed by atoms with Crippen molar-refractivity contribution in [1.82, 2.24) is 15.5 Å². The maximum atomic E-state index is 13.5. The summed E-state index contributed by atoms with van der Waals surface area (Å²) >= 11 is 5.61. The highest BCUT2D eigenvalue weighted by atomic mass is 35.5. The Kier molecular flexibility index (Phi) is 11.5. The van der Waals surface area contributed by atoms with Crippen molar-refractivity contribution in [2.24, 2.45) is 11.3 Å². The zero-order chi connectivity index (χ0) is 33.5. The van der Waals surface area contributed by atoms with Gasteiger partial charge in [-0.15, -0.1) is 0 Å². The molecular weight excluding hydrogens is 606 g/mol. The van der Waals surface area contributed by atoms with E-state index < -0.39 is 11.3 Å². The Balaban J connectivity index is 0.000000523. The Morgan fingerprint density at radius 3 is 2.26 bits per heavy atom. The average molecular weight is 652 g/mol. The fraction of sp³-hybridized carbons (Fsp3) is 0.500. The Hall–Kier alpha value is -3.85. The van der Waals surface area contributed by atoms with Crippen molar-refractivity contribution in [1.29, 1.82) is 0 Å². The minimum absolute atomic E-state index is 0.0964. The van der Waals surface area contributed by atoms with Crippen LogP contribution in [0, 0.1) is 18.3 Å². The molecule has 2 heterocycles. The van der Waals surface area contributed by atoms with E-state index in [1.807, 2.05) is 52.0 Å². The Labute approximate surface area is 276 Å². The number of hydrogen-bond donors (Lipinski definition) is 2. The number of likely N-dealkylation sites (tertiary alicyclic amines) is 1. The van der Waals surface area contributed by atoms with Gasteiger partial charge in [0.2, 0.25) is 11.8 Å². The molecule has 2 aromatic carbocycles. The van der Waals surface area contributed by atoms with Gasteiger partial charge in [0, 0.05) is 29.7 Å². The van der Waals surface area contributed by atoms with Gasteiger partial charge in [0.1, 0.15) is 0 Å². The van der Waals surface area contributed by atoms with Crippen LogP contribution in [0.1, 0.15) is 81.8 Å². The molecule has 3 aromatic rings. The molecule has 1 aliphatic carbocycles. The summed E-state index contributed by atoms with van der Waals surface area (Å²) in [5.74, 6) is -0.305. The maximum Gasteiger partial charge on any atom is 0.287 e. The molecule has 1 aliphatic heterocycles. The maximum absolute atomic E-state index is 13.5. The number of benzene rings is 2. The number of halogens is 1. The lowest BCUT2D eigenvalue weighted by Crippen LogP contribution is -2.57. The molecule has 46 heavy (non-hydrogen) atoms. The SMILES string of the molecule is COc1cccc2c(=O)cc(C(=O)NCC(=O)N3CCC(C(=O)NC(C)(C)C)(C4CCCCC4)CC3)oc12.Cc1ccc(Cl)cc1. The Morgan fingerprint density at radius 1 is 1.02 bits per heavy atom. The summed E-state index contributed by atoms with van der Waals surface area (Å²) in [5, 5.41) is 6.90. The highest BCUT2D eigenvalue weighted by Gasteiger charge is 2.48. The van der Waals surface area contributed by atoms with E-state index in [1.165, 1.54) is 19.1 Å². The van der Waals surface area contributed by atoms with Gasteiger partial charge in [0.25, 0.3) is 5.91 Å². The molecule has 0 radical (unpaired) electrons. The summed E-state index contributed by atoms with van der Waals surface area (Å²) < 4.78 is 10.9. The van der Waals surface area contributed by atoms with Crippen molar-refractivity contribution < 1.29 is 23.5 Å². The van der Waals surface area contributed by atoms with Crippen molar-refractivity contribution in [3.05, 3.63) is 75.1 Å². The number of fused-ring (bicyclic) bond motifs is 1. The van der Waals surface area contributed by atoms with E-state index in [0.717, 1.165) is 36.8 Å². The molecular formula is C36H46ClN3O6. The fourth-order valence-electron chi connectivity index (χ4n) is 6.41. The molecule has 9 nitrogen and oxygen atoms in total. The zero-order valence-corrected chi connectivity index (χ0v) is 28.3. The van der Waals surface area contributed by atoms with Crippen LogP contribution in [0.4, 0.5) is 0 Å². The summed E-state index contributed by atoms with van der Waals surface area (Å²) in [7, 11) is 1.45. The average Bonchev–Trinajstić information content (AvgIpc) is 3.04. The summed E-state index contributed by atoms with van der Waals surface area (Å²) in [6.45, 7) is 8.72. The number of nitrogens with one attached hydrogen (secondary N) is 2. The lowest BCUT2D eigenvalue weighted by molar-refractivity contribution is -0.145. The predicted molar refractivity (Wildman–Crippen MR) is 180 cm³/mol. The number of aryl methyl sites for hydroxylation is 1. The van der Waals surface area contributed by atoms with Gasteiger partial charge in [-0.1, -0.05) is 54.6 Å². The Bertz CT molecular complexity index is 1560. The largest absolute Gasteiger partial charge is 0.493 e. The number of nitrogens with zero attached hydrogens (tertiary/aromatic N) is 1. The van der Waals surface area contributed by atoms with Gasteiger partial charge in [-0.2, -0.15) is 0 Å². The molecule has 2 N–H and O–H groups in total. The van der Waals surface area contributed by atoms with E-state index in [2.05, 4.69) is 10.6 Å². The molecule has 248 valence electrons. The third kappa shape index (κ3) is 8.69. The third-order valence-corrected chi connectivity index (χ3v) is 9.16. The van der Waals surface area contributed by atoms with Crippen LogP contribution in [-0.4, -0.2) is 54.9 Å². The number of ether oxygens (including phenoxy) is 1. The molecule has 5 rings (SSSR count). The number of carbonyl (C=O) groups is 3. The van der Waals surface area contributed by atoms with E-state index in [1.54, 1.807) is 23.1 Å². The van der Waals surface area contributed by atoms with Crippen LogP contribution < -0.4 is 20.8 Å². The molecule has 0 atom stereocenters. The number of carbonyl (C=O) groups excluding carboxylic acids is 3. The Morgan fingerprint density at radius 2 is 1.67 bits per heavy atom. The highest BCUT2D eigenvalue weighted by Crippen LogP contribution is 2.46. The first-order chi connectivity index (χ1) is 21.8. The van der Waals surface area contributed by atoms with Crippen LogP contribution in [0.3, 0.4) is 0 Å². The van der Waals surface area contributed by atoms with Crippen molar-refractivity contribution in [3.63, 3.8) is 0 Å². The first-order valence-corrected chi connectivity index (χ1v) is 16.4. The van der Waals surface area contributed by atoms with Crippen LogP contribution in [0.25, 0.3) is 11.0 Å². The second kappa shape index (κ2) is 15.2. The second-order valence-corrected chi connectivity index (χ2v) is 13.8. The van der Waals surface area contributed by atoms with Gasteiger partial charge in [-0.3, -0.25) is 19.2 Å². The van der Waals surface area contributed by atoms with E-state index in [-0.39, 0.29) is 40.7 Å². The van der Waals surface area contributed by atoms with E-state index in [9.17, 15) is 19.2 Å².